The van der Waals surface area contributed by atoms with E-state index in [2.05, 4.69) is 13.8 Å². The largest absolute Gasteiger partial charge is 0.328 e. The van der Waals surface area contributed by atoms with Crippen LogP contribution >= 0.6 is 0 Å². The lowest BCUT2D eigenvalue weighted by Crippen LogP contribution is -2.41. The zero-order valence-corrected chi connectivity index (χ0v) is 9.34. The van der Waals surface area contributed by atoms with Crippen LogP contribution in [0, 0.1) is 0 Å². The predicted molar refractivity (Wildman–Crippen MR) is 55.9 cm³/mol. The lowest BCUT2D eigenvalue weighted by Gasteiger charge is -2.26. The van der Waals surface area contributed by atoms with Gasteiger partial charge in [0.1, 0.15) is 0 Å². The molecule has 0 radical (unpaired) electrons. The summed E-state index contributed by atoms with van der Waals surface area (Å²) < 4.78 is 0. The van der Waals surface area contributed by atoms with Crippen LogP contribution in [0.15, 0.2) is 0 Å². The number of hydrogen-bond acceptors (Lipinski definition) is 1. The highest BCUT2D eigenvalue weighted by Gasteiger charge is 2.14. The SMILES string of the molecule is CCCN(CCC)C(=O)N(C)CC. The van der Waals surface area contributed by atoms with Gasteiger partial charge in [0.05, 0.1) is 0 Å². The van der Waals surface area contributed by atoms with Gasteiger partial charge in [0, 0.05) is 26.7 Å². The Hall–Kier alpha value is -0.730. The second-order valence-electron chi connectivity index (χ2n) is 3.28. The van der Waals surface area contributed by atoms with Crippen LogP contribution in [0.3, 0.4) is 0 Å². The van der Waals surface area contributed by atoms with E-state index in [4.69, 9.17) is 0 Å². The topological polar surface area (TPSA) is 23.6 Å². The first kappa shape index (κ1) is 12.3. The van der Waals surface area contributed by atoms with Crippen molar-refractivity contribution >= 4 is 6.03 Å². The van der Waals surface area contributed by atoms with Crippen LogP contribution < -0.4 is 0 Å². The first-order valence-corrected chi connectivity index (χ1v) is 5.17. The van der Waals surface area contributed by atoms with Crippen molar-refractivity contribution in [2.24, 2.45) is 0 Å². The molecule has 0 rings (SSSR count). The zero-order chi connectivity index (χ0) is 10.3. The van der Waals surface area contributed by atoms with E-state index in [0.717, 1.165) is 32.5 Å². The van der Waals surface area contributed by atoms with Gasteiger partial charge in [-0.3, -0.25) is 0 Å². The first-order valence-electron chi connectivity index (χ1n) is 5.17. The number of nitrogens with zero attached hydrogens (tertiary/aromatic N) is 2. The molecule has 0 saturated heterocycles. The average Bonchev–Trinajstić information content (AvgIpc) is 2.15. The Morgan fingerprint density at radius 3 is 1.85 bits per heavy atom. The summed E-state index contributed by atoms with van der Waals surface area (Å²) in [6, 6.07) is 0.159. The van der Waals surface area contributed by atoms with Gasteiger partial charge in [-0.05, 0) is 19.8 Å². The molecule has 0 N–H and O–H groups in total. The summed E-state index contributed by atoms with van der Waals surface area (Å²) in [6.45, 7) is 8.72. The molecule has 0 aliphatic carbocycles. The van der Waals surface area contributed by atoms with E-state index in [1.54, 1.807) is 4.90 Å². The molecule has 0 heterocycles. The standard InChI is InChI=1S/C10H22N2O/c1-5-8-12(9-6-2)10(13)11(4)7-3/h5-9H2,1-4H3. The zero-order valence-electron chi connectivity index (χ0n) is 9.34. The second kappa shape index (κ2) is 6.75. The molecule has 0 aromatic heterocycles. The Morgan fingerprint density at radius 1 is 1.08 bits per heavy atom. The minimum atomic E-state index is 0.159. The summed E-state index contributed by atoms with van der Waals surface area (Å²) in [4.78, 5) is 15.4. The van der Waals surface area contributed by atoms with Crippen molar-refractivity contribution in [1.82, 2.24) is 9.80 Å². The van der Waals surface area contributed by atoms with Crippen molar-refractivity contribution in [2.75, 3.05) is 26.7 Å². The highest BCUT2D eigenvalue weighted by atomic mass is 16.2. The molecule has 2 amide bonds. The second-order valence-corrected chi connectivity index (χ2v) is 3.28. The number of urea groups is 1. The molecule has 13 heavy (non-hydrogen) atoms. The van der Waals surface area contributed by atoms with E-state index in [1.165, 1.54) is 0 Å². The summed E-state index contributed by atoms with van der Waals surface area (Å²) in [5.74, 6) is 0. The van der Waals surface area contributed by atoms with E-state index in [1.807, 2.05) is 18.9 Å². The number of amides is 2. The van der Waals surface area contributed by atoms with Gasteiger partial charge in [-0.25, -0.2) is 4.79 Å². The fourth-order valence-electron chi connectivity index (χ4n) is 1.22. The highest BCUT2D eigenvalue weighted by Crippen LogP contribution is 1.99. The smallest absolute Gasteiger partial charge is 0.319 e. The highest BCUT2D eigenvalue weighted by molar-refractivity contribution is 5.74. The quantitative estimate of drug-likeness (QED) is 0.645. The Kier molecular flexibility index (Phi) is 6.37. The minimum absolute atomic E-state index is 0.159. The maximum absolute atomic E-state index is 11.7. The van der Waals surface area contributed by atoms with Gasteiger partial charge < -0.3 is 9.80 Å². The van der Waals surface area contributed by atoms with E-state index in [-0.39, 0.29) is 6.03 Å². The number of hydrogen-bond donors (Lipinski definition) is 0. The van der Waals surface area contributed by atoms with E-state index in [9.17, 15) is 4.79 Å². The monoisotopic (exact) mass is 186 g/mol. The lowest BCUT2D eigenvalue weighted by atomic mass is 10.3. The van der Waals surface area contributed by atoms with Crippen molar-refractivity contribution in [3.8, 4) is 0 Å². The van der Waals surface area contributed by atoms with Crippen molar-refractivity contribution in [3.05, 3.63) is 0 Å². The number of carbonyl (C=O) groups is 1. The molecule has 0 bridgehead atoms. The third-order valence-corrected chi connectivity index (χ3v) is 2.06. The Balaban J connectivity index is 4.09. The molecule has 3 heteroatoms. The van der Waals surface area contributed by atoms with Gasteiger partial charge in [-0.1, -0.05) is 13.8 Å². The van der Waals surface area contributed by atoms with Crippen molar-refractivity contribution in [2.45, 2.75) is 33.6 Å². The number of rotatable bonds is 5. The van der Waals surface area contributed by atoms with Crippen LogP contribution in [-0.4, -0.2) is 42.5 Å². The molecule has 0 atom stereocenters. The molecule has 0 aliphatic heterocycles. The minimum Gasteiger partial charge on any atom is -0.328 e. The molecule has 3 nitrogen and oxygen atoms in total. The van der Waals surface area contributed by atoms with E-state index < -0.39 is 0 Å². The molecule has 0 aliphatic rings. The third-order valence-electron chi connectivity index (χ3n) is 2.06. The van der Waals surface area contributed by atoms with Crippen LogP contribution in [0.2, 0.25) is 0 Å². The van der Waals surface area contributed by atoms with Gasteiger partial charge in [0.15, 0.2) is 0 Å². The van der Waals surface area contributed by atoms with E-state index in [0.29, 0.717) is 0 Å². The Morgan fingerprint density at radius 2 is 1.54 bits per heavy atom. The normalized spacial score (nSPS) is 9.85. The van der Waals surface area contributed by atoms with Gasteiger partial charge in [0.25, 0.3) is 0 Å². The summed E-state index contributed by atoms with van der Waals surface area (Å²) in [5, 5.41) is 0. The summed E-state index contributed by atoms with van der Waals surface area (Å²) in [6.07, 6.45) is 2.06. The molecule has 0 aromatic carbocycles. The molecule has 0 unspecified atom stereocenters. The average molecular weight is 186 g/mol. The molecule has 0 spiro atoms. The van der Waals surface area contributed by atoms with Crippen molar-refractivity contribution in [3.63, 3.8) is 0 Å². The predicted octanol–water partition coefficient (Wildman–Crippen LogP) is 2.18. The number of carbonyl (C=O) groups excluding carboxylic acids is 1. The summed E-state index contributed by atoms with van der Waals surface area (Å²) >= 11 is 0. The third kappa shape index (κ3) is 4.15. The van der Waals surface area contributed by atoms with Gasteiger partial charge in [-0.2, -0.15) is 0 Å². The van der Waals surface area contributed by atoms with Gasteiger partial charge >= 0.3 is 6.03 Å². The van der Waals surface area contributed by atoms with Crippen molar-refractivity contribution in [1.29, 1.82) is 0 Å². The van der Waals surface area contributed by atoms with Crippen LogP contribution in [0.5, 0.6) is 0 Å². The maximum Gasteiger partial charge on any atom is 0.319 e. The molecule has 78 valence electrons. The molecular formula is C10H22N2O. The lowest BCUT2D eigenvalue weighted by molar-refractivity contribution is 0.164. The van der Waals surface area contributed by atoms with Gasteiger partial charge in [-0.15, -0.1) is 0 Å². The first-order chi connectivity index (χ1) is 6.17. The van der Waals surface area contributed by atoms with Crippen LogP contribution in [0.4, 0.5) is 4.79 Å². The molecular weight excluding hydrogens is 164 g/mol. The Labute approximate surface area is 81.7 Å². The van der Waals surface area contributed by atoms with Gasteiger partial charge in [0.2, 0.25) is 0 Å². The van der Waals surface area contributed by atoms with E-state index >= 15 is 0 Å². The fraction of sp³-hybridized carbons (Fsp3) is 0.900. The van der Waals surface area contributed by atoms with Crippen LogP contribution in [-0.2, 0) is 0 Å². The van der Waals surface area contributed by atoms with Crippen molar-refractivity contribution < 1.29 is 4.79 Å². The fourth-order valence-corrected chi connectivity index (χ4v) is 1.22. The summed E-state index contributed by atoms with van der Waals surface area (Å²) in [7, 11) is 1.85. The molecule has 0 saturated carbocycles. The molecule has 0 fully saturated rings. The maximum atomic E-state index is 11.7. The Bertz CT molecular complexity index is 142. The van der Waals surface area contributed by atoms with Crippen LogP contribution in [0.25, 0.3) is 0 Å². The van der Waals surface area contributed by atoms with Crippen LogP contribution in [0.1, 0.15) is 33.6 Å². The summed E-state index contributed by atoms with van der Waals surface area (Å²) in [5.41, 5.74) is 0. The molecule has 0 aromatic rings.